The van der Waals surface area contributed by atoms with Crippen molar-refractivity contribution in [1.82, 2.24) is 19.7 Å². The normalized spacial score (nSPS) is 12.0. The Morgan fingerprint density at radius 2 is 1.50 bits per heavy atom. The van der Waals surface area contributed by atoms with Gasteiger partial charge in [-0.1, -0.05) is 30.3 Å². The Morgan fingerprint density at radius 3 is 2.32 bits per heavy atom. The van der Waals surface area contributed by atoms with E-state index in [1.54, 1.807) is 48.7 Å². The number of nitrogens with zero attached hydrogens (tertiary/aromatic N) is 4. The van der Waals surface area contributed by atoms with Gasteiger partial charge in [0.2, 0.25) is 0 Å². The van der Waals surface area contributed by atoms with Crippen LogP contribution in [0.5, 0.6) is 0 Å². The average molecular weight is 467 g/mol. The van der Waals surface area contributed by atoms with Crippen LogP contribution >= 0.6 is 0 Å². The Bertz CT molecular complexity index is 1610. The molecule has 166 valence electrons. The van der Waals surface area contributed by atoms with E-state index in [0.717, 1.165) is 22.5 Å². The van der Waals surface area contributed by atoms with Gasteiger partial charge in [0.25, 0.3) is 10.0 Å². The number of sulfonamides is 1. The van der Waals surface area contributed by atoms with E-state index in [1.165, 1.54) is 0 Å². The number of nitrogens with one attached hydrogen (secondary N) is 2. The number of para-hydroxylation sites is 1. The van der Waals surface area contributed by atoms with E-state index in [9.17, 15) is 8.42 Å². The molecule has 0 unspecified atom stereocenters. The summed E-state index contributed by atoms with van der Waals surface area (Å²) < 4.78 is 29.9. The standard InChI is InChI=1S/C25H18N6O2S/c32-34(33,19-7-2-1-3-8-19)30-18-14-12-17(13-15-18)24-28-29-25-20-9-4-5-10-21(20)27-23-22(31(24)25)11-6-16-26-23/h1-16,30H,(H,26,27). The highest BCUT2D eigenvalue weighted by atomic mass is 32.2. The molecule has 6 rings (SSSR count). The first-order valence-electron chi connectivity index (χ1n) is 10.6. The summed E-state index contributed by atoms with van der Waals surface area (Å²) in [6.07, 6.45) is 1.73. The summed E-state index contributed by atoms with van der Waals surface area (Å²) >= 11 is 0. The summed E-state index contributed by atoms with van der Waals surface area (Å²) in [5, 5.41) is 12.4. The molecule has 0 fully saturated rings. The van der Waals surface area contributed by atoms with Crippen molar-refractivity contribution < 1.29 is 8.42 Å². The molecule has 0 saturated heterocycles. The Kier molecular flexibility index (Phi) is 4.63. The fraction of sp³-hybridized carbons (Fsp3) is 0. The Hall–Kier alpha value is -4.50. The number of pyridine rings is 1. The van der Waals surface area contributed by atoms with Crippen molar-refractivity contribution in [2.75, 3.05) is 10.0 Å². The fourth-order valence-corrected chi connectivity index (χ4v) is 5.04. The quantitative estimate of drug-likeness (QED) is 0.385. The van der Waals surface area contributed by atoms with Crippen molar-refractivity contribution in [1.29, 1.82) is 0 Å². The van der Waals surface area contributed by atoms with Crippen LogP contribution < -0.4 is 10.0 Å². The molecule has 0 amide bonds. The molecule has 0 atom stereocenters. The molecular weight excluding hydrogens is 448 g/mol. The predicted octanol–water partition coefficient (Wildman–Crippen LogP) is 4.85. The molecular formula is C25H18N6O2S. The second kappa shape index (κ2) is 7.82. The molecule has 8 nitrogen and oxygen atoms in total. The molecule has 0 saturated carbocycles. The molecule has 2 N–H and O–H groups in total. The largest absolute Gasteiger partial charge is 0.338 e. The van der Waals surface area contributed by atoms with E-state index < -0.39 is 10.0 Å². The summed E-state index contributed by atoms with van der Waals surface area (Å²) in [6, 6.07) is 27.0. The molecule has 1 aliphatic rings. The zero-order valence-corrected chi connectivity index (χ0v) is 18.6. The van der Waals surface area contributed by atoms with Crippen molar-refractivity contribution in [2.45, 2.75) is 4.90 Å². The minimum Gasteiger partial charge on any atom is -0.338 e. The van der Waals surface area contributed by atoms with Crippen molar-refractivity contribution in [2.24, 2.45) is 0 Å². The first-order chi connectivity index (χ1) is 16.6. The second-order valence-electron chi connectivity index (χ2n) is 7.72. The lowest BCUT2D eigenvalue weighted by molar-refractivity contribution is 0.601. The minimum atomic E-state index is -3.67. The van der Waals surface area contributed by atoms with Crippen molar-refractivity contribution in [3.05, 3.63) is 97.2 Å². The van der Waals surface area contributed by atoms with Crippen LogP contribution in [0.1, 0.15) is 0 Å². The monoisotopic (exact) mass is 466 g/mol. The maximum atomic E-state index is 12.6. The van der Waals surface area contributed by atoms with Gasteiger partial charge >= 0.3 is 0 Å². The van der Waals surface area contributed by atoms with Crippen molar-refractivity contribution in [3.8, 4) is 28.5 Å². The molecule has 2 aromatic heterocycles. The maximum Gasteiger partial charge on any atom is 0.261 e. The van der Waals surface area contributed by atoms with Gasteiger partial charge < -0.3 is 5.32 Å². The van der Waals surface area contributed by atoms with Crippen molar-refractivity contribution >= 4 is 27.2 Å². The first-order valence-corrected chi connectivity index (χ1v) is 12.0. The van der Waals surface area contributed by atoms with Gasteiger partial charge in [-0.25, -0.2) is 13.4 Å². The van der Waals surface area contributed by atoms with Crippen LogP contribution in [0.4, 0.5) is 17.2 Å². The third-order valence-corrected chi connectivity index (χ3v) is 6.96. The SMILES string of the molecule is O=S(=O)(Nc1ccc(-c2nnc3n2-c2cccnc2Nc2ccccc2-3)cc1)c1ccccc1. The topological polar surface area (TPSA) is 102 Å². The van der Waals surface area contributed by atoms with E-state index in [0.29, 0.717) is 23.2 Å². The molecule has 9 heteroatoms. The van der Waals surface area contributed by atoms with Crippen LogP contribution in [0.2, 0.25) is 0 Å². The molecule has 0 radical (unpaired) electrons. The molecule has 34 heavy (non-hydrogen) atoms. The molecule has 0 aliphatic carbocycles. The van der Waals surface area contributed by atoms with Crippen molar-refractivity contribution in [3.63, 3.8) is 0 Å². The van der Waals surface area contributed by atoms with Crippen LogP contribution in [-0.4, -0.2) is 28.2 Å². The average Bonchev–Trinajstić information content (AvgIpc) is 3.24. The molecule has 0 spiro atoms. The number of hydrogen-bond donors (Lipinski definition) is 2. The molecule has 3 heterocycles. The summed E-state index contributed by atoms with van der Waals surface area (Å²) in [6.45, 7) is 0. The second-order valence-corrected chi connectivity index (χ2v) is 9.40. The van der Waals surface area contributed by atoms with Gasteiger partial charge in [-0.3, -0.25) is 9.29 Å². The zero-order valence-electron chi connectivity index (χ0n) is 17.8. The lowest BCUT2D eigenvalue weighted by atomic mass is 10.1. The number of anilines is 3. The van der Waals surface area contributed by atoms with Crippen LogP contribution in [0, 0.1) is 0 Å². The van der Waals surface area contributed by atoms with E-state index in [-0.39, 0.29) is 4.90 Å². The van der Waals surface area contributed by atoms with Gasteiger partial charge in [0, 0.05) is 23.0 Å². The third kappa shape index (κ3) is 3.39. The lowest BCUT2D eigenvalue weighted by Gasteiger charge is -2.12. The van der Waals surface area contributed by atoms with E-state index in [2.05, 4.69) is 25.2 Å². The van der Waals surface area contributed by atoms with E-state index >= 15 is 0 Å². The van der Waals surface area contributed by atoms with Gasteiger partial charge in [-0.05, 0) is 60.7 Å². The molecule has 5 aromatic rings. The lowest BCUT2D eigenvalue weighted by Crippen LogP contribution is -2.12. The summed E-state index contributed by atoms with van der Waals surface area (Å²) in [5.41, 5.74) is 3.87. The number of rotatable bonds is 4. The van der Waals surface area contributed by atoms with Gasteiger partial charge in [0.1, 0.15) is 0 Å². The van der Waals surface area contributed by atoms with Crippen LogP contribution in [-0.2, 0) is 10.0 Å². The fourth-order valence-electron chi connectivity index (χ4n) is 3.96. The first kappa shape index (κ1) is 20.1. The van der Waals surface area contributed by atoms with Crippen LogP contribution in [0.3, 0.4) is 0 Å². The predicted molar refractivity (Wildman–Crippen MR) is 131 cm³/mol. The molecule has 3 aromatic carbocycles. The van der Waals surface area contributed by atoms with Gasteiger partial charge in [-0.2, -0.15) is 0 Å². The summed E-state index contributed by atoms with van der Waals surface area (Å²) in [7, 11) is -3.67. The third-order valence-electron chi connectivity index (χ3n) is 5.56. The molecule has 0 bridgehead atoms. The highest BCUT2D eigenvalue weighted by Crippen LogP contribution is 2.39. The minimum absolute atomic E-state index is 0.206. The Labute approximate surface area is 196 Å². The van der Waals surface area contributed by atoms with E-state index in [4.69, 9.17) is 0 Å². The number of benzene rings is 3. The Balaban J connectivity index is 1.41. The van der Waals surface area contributed by atoms with Gasteiger partial charge in [0.15, 0.2) is 17.5 Å². The Morgan fingerprint density at radius 1 is 0.765 bits per heavy atom. The van der Waals surface area contributed by atoms with E-state index in [1.807, 2.05) is 53.1 Å². The van der Waals surface area contributed by atoms with Crippen LogP contribution in [0.25, 0.3) is 28.5 Å². The molecule has 1 aliphatic heterocycles. The number of hydrogen-bond acceptors (Lipinski definition) is 6. The van der Waals surface area contributed by atoms with Crippen LogP contribution in [0.15, 0.2) is 102 Å². The highest BCUT2D eigenvalue weighted by Gasteiger charge is 2.25. The maximum absolute atomic E-state index is 12.6. The van der Waals surface area contributed by atoms with Gasteiger partial charge in [0.05, 0.1) is 16.3 Å². The summed E-state index contributed by atoms with van der Waals surface area (Å²) in [5.74, 6) is 2.01. The number of aromatic nitrogens is 4. The smallest absolute Gasteiger partial charge is 0.261 e. The summed E-state index contributed by atoms with van der Waals surface area (Å²) in [4.78, 5) is 4.72. The zero-order chi connectivity index (χ0) is 23.1. The number of fused-ring (bicyclic) bond motifs is 5. The van der Waals surface area contributed by atoms with Gasteiger partial charge in [-0.15, -0.1) is 10.2 Å². The highest BCUT2D eigenvalue weighted by molar-refractivity contribution is 7.92.